The van der Waals surface area contributed by atoms with Crippen LogP contribution in [0.15, 0.2) is 51.8 Å². The van der Waals surface area contributed by atoms with E-state index < -0.39 is 17.5 Å². The molecule has 4 aromatic rings. The number of nitrogens with one attached hydrogen (secondary N) is 1. The molecule has 0 amide bonds. The fourth-order valence-corrected chi connectivity index (χ4v) is 3.90. The number of hydrogen-bond donors (Lipinski definition) is 1. The van der Waals surface area contributed by atoms with Crippen molar-refractivity contribution in [3.05, 3.63) is 69.1 Å². The van der Waals surface area contributed by atoms with Gasteiger partial charge in [0.1, 0.15) is 11.6 Å². The van der Waals surface area contributed by atoms with Gasteiger partial charge in [0.25, 0.3) is 0 Å². The normalized spacial score (nSPS) is 11.5. The molecule has 0 atom stereocenters. The first-order valence-electron chi connectivity index (χ1n) is 9.25. The van der Waals surface area contributed by atoms with Crippen molar-refractivity contribution in [2.24, 2.45) is 0 Å². The zero-order valence-electron chi connectivity index (χ0n) is 16.8. The highest BCUT2D eigenvalue weighted by Gasteiger charge is 2.30. The van der Waals surface area contributed by atoms with E-state index in [1.54, 1.807) is 18.2 Å². The van der Waals surface area contributed by atoms with Crippen LogP contribution < -0.4 is 15.2 Å². The Morgan fingerprint density at radius 1 is 1.09 bits per heavy atom. The molecule has 4 rings (SSSR count). The first-order valence-corrected chi connectivity index (χ1v) is 10.1. The Kier molecular flexibility index (Phi) is 5.74. The lowest BCUT2D eigenvalue weighted by molar-refractivity contribution is -0.137. The fourth-order valence-electron chi connectivity index (χ4n) is 2.92. The molecule has 0 aliphatic heterocycles. The number of thiazole rings is 1. The number of alkyl halides is 3. The van der Waals surface area contributed by atoms with Crippen LogP contribution in [-0.2, 0) is 12.8 Å². The zero-order chi connectivity index (χ0) is 22.9. The van der Waals surface area contributed by atoms with Gasteiger partial charge < -0.3 is 9.47 Å². The molecule has 0 fully saturated rings. The lowest BCUT2D eigenvalue weighted by Crippen LogP contribution is -2.03. The van der Waals surface area contributed by atoms with Crippen LogP contribution in [0, 0.1) is 6.92 Å². The van der Waals surface area contributed by atoms with Crippen LogP contribution in [0.25, 0.3) is 22.0 Å². The zero-order valence-corrected chi connectivity index (χ0v) is 17.6. The van der Waals surface area contributed by atoms with Gasteiger partial charge in [0.15, 0.2) is 17.3 Å². The molecular formula is C21H16F3N3O4S. The standard InChI is InChI=1S/C21H16F3N3O4S/c1-11-17(32-19(25-11)12-3-6-14(7-4-12)21(22,23)24)10-30-15-8-5-13(9-16(15)29-2)18-26-20(28)31-27-18/h3-9H,10H2,1-2H3,(H,26,27,28). The Morgan fingerprint density at radius 2 is 1.81 bits per heavy atom. The first kappa shape index (κ1) is 21.6. The number of benzene rings is 2. The van der Waals surface area contributed by atoms with Gasteiger partial charge in [0.05, 0.1) is 23.2 Å². The predicted molar refractivity (Wildman–Crippen MR) is 111 cm³/mol. The summed E-state index contributed by atoms with van der Waals surface area (Å²) in [5, 5.41) is 4.24. The van der Waals surface area contributed by atoms with E-state index in [0.29, 0.717) is 27.6 Å². The average Bonchev–Trinajstić information content (AvgIpc) is 3.37. The Balaban J connectivity index is 1.51. The largest absolute Gasteiger partial charge is 0.493 e. The molecule has 0 saturated carbocycles. The third-order valence-electron chi connectivity index (χ3n) is 4.59. The maximum Gasteiger partial charge on any atom is 0.439 e. The SMILES string of the molecule is COc1cc(-c2noc(=O)[nH]2)ccc1OCc1sc(-c2ccc(C(F)(F)F)cc2)nc1C. The van der Waals surface area contributed by atoms with Crippen LogP contribution in [0.4, 0.5) is 13.2 Å². The average molecular weight is 463 g/mol. The van der Waals surface area contributed by atoms with Gasteiger partial charge in [0, 0.05) is 11.1 Å². The number of aryl methyl sites for hydroxylation is 1. The third kappa shape index (κ3) is 4.52. The smallest absolute Gasteiger partial charge is 0.439 e. The van der Waals surface area contributed by atoms with Gasteiger partial charge in [-0.15, -0.1) is 11.3 Å². The molecule has 0 unspecified atom stereocenters. The lowest BCUT2D eigenvalue weighted by atomic mass is 10.1. The number of ether oxygens (including phenoxy) is 2. The van der Waals surface area contributed by atoms with E-state index in [1.807, 2.05) is 6.92 Å². The van der Waals surface area contributed by atoms with Crippen molar-refractivity contribution in [3.63, 3.8) is 0 Å². The van der Waals surface area contributed by atoms with Crippen LogP contribution >= 0.6 is 11.3 Å². The van der Waals surface area contributed by atoms with Crippen molar-refractivity contribution in [2.75, 3.05) is 7.11 Å². The van der Waals surface area contributed by atoms with Crippen molar-refractivity contribution in [1.29, 1.82) is 0 Å². The highest BCUT2D eigenvalue weighted by atomic mass is 32.1. The van der Waals surface area contributed by atoms with Crippen molar-refractivity contribution < 1.29 is 27.2 Å². The quantitative estimate of drug-likeness (QED) is 0.430. The van der Waals surface area contributed by atoms with Gasteiger partial charge in [-0.3, -0.25) is 9.51 Å². The highest BCUT2D eigenvalue weighted by Crippen LogP contribution is 2.35. The van der Waals surface area contributed by atoms with Crippen molar-refractivity contribution >= 4 is 11.3 Å². The third-order valence-corrected chi connectivity index (χ3v) is 5.77. The number of nitrogens with zero attached hydrogens (tertiary/aromatic N) is 2. The van der Waals surface area contributed by atoms with Crippen LogP contribution in [0.2, 0.25) is 0 Å². The second-order valence-corrected chi connectivity index (χ2v) is 7.78. The summed E-state index contributed by atoms with van der Waals surface area (Å²) in [5.74, 6) is 0.491. The number of methoxy groups -OCH3 is 1. The molecule has 0 aliphatic rings. The van der Waals surface area contributed by atoms with Crippen LogP contribution in [0.5, 0.6) is 11.5 Å². The molecule has 2 heterocycles. The van der Waals surface area contributed by atoms with Crippen LogP contribution in [0.1, 0.15) is 16.1 Å². The summed E-state index contributed by atoms with van der Waals surface area (Å²) in [7, 11) is 1.48. The highest BCUT2D eigenvalue weighted by molar-refractivity contribution is 7.15. The van der Waals surface area contributed by atoms with Crippen molar-refractivity contribution in [3.8, 4) is 33.5 Å². The molecule has 2 aromatic carbocycles. The number of halogens is 3. The molecule has 0 aliphatic carbocycles. The van der Waals surface area contributed by atoms with E-state index in [-0.39, 0.29) is 12.4 Å². The molecule has 11 heteroatoms. The molecular weight excluding hydrogens is 447 g/mol. The topological polar surface area (TPSA) is 90.2 Å². The minimum Gasteiger partial charge on any atom is -0.493 e. The van der Waals surface area contributed by atoms with Crippen molar-refractivity contribution in [2.45, 2.75) is 19.7 Å². The van der Waals surface area contributed by atoms with Gasteiger partial charge in [-0.05, 0) is 37.3 Å². The molecule has 1 N–H and O–H groups in total. The molecule has 0 spiro atoms. The maximum atomic E-state index is 12.8. The molecule has 32 heavy (non-hydrogen) atoms. The summed E-state index contributed by atoms with van der Waals surface area (Å²) in [4.78, 5) is 18.9. The second kappa shape index (κ2) is 8.50. The summed E-state index contributed by atoms with van der Waals surface area (Å²) in [6, 6.07) is 9.90. The van der Waals surface area contributed by atoms with E-state index in [9.17, 15) is 18.0 Å². The number of aromatic nitrogens is 3. The van der Waals surface area contributed by atoms with Gasteiger partial charge in [-0.1, -0.05) is 17.3 Å². The van der Waals surface area contributed by atoms with Crippen LogP contribution in [0.3, 0.4) is 0 Å². The maximum absolute atomic E-state index is 12.8. The van der Waals surface area contributed by atoms with Gasteiger partial charge >= 0.3 is 11.9 Å². The number of rotatable bonds is 6. The van der Waals surface area contributed by atoms with E-state index >= 15 is 0 Å². The Labute approximate surface area is 183 Å². The molecule has 0 saturated heterocycles. The molecule has 2 aromatic heterocycles. The Morgan fingerprint density at radius 3 is 2.44 bits per heavy atom. The molecule has 166 valence electrons. The van der Waals surface area contributed by atoms with Gasteiger partial charge in [-0.25, -0.2) is 9.78 Å². The molecule has 7 nitrogen and oxygen atoms in total. The monoisotopic (exact) mass is 463 g/mol. The predicted octanol–water partition coefficient (Wildman–Crippen LogP) is 5.07. The number of hydrogen-bond acceptors (Lipinski definition) is 7. The first-order chi connectivity index (χ1) is 15.2. The summed E-state index contributed by atoms with van der Waals surface area (Å²) in [6.45, 7) is 2.00. The fraction of sp³-hybridized carbons (Fsp3) is 0.190. The Hall–Kier alpha value is -3.60. The summed E-state index contributed by atoms with van der Waals surface area (Å²) >= 11 is 1.34. The lowest BCUT2D eigenvalue weighted by Gasteiger charge is -2.11. The van der Waals surface area contributed by atoms with Crippen molar-refractivity contribution in [1.82, 2.24) is 15.1 Å². The number of aromatic amines is 1. The van der Waals surface area contributed by atoms with E-state index in [2.05, 4.69) is 19.6 Å². The van der Waals surface area contributed by atoms with E-state index in [1.165, 1.54) is 30.6 Å². The van der Waals surface area contributed by atoms with Gasteiger partial charge in [-0.2, -0.15) is 13.2 Å². The summed E-state index contributed by atoms with van der Waals surface area (Å²) in [5.41, 5.74) is 1.20. The van der Waals surface area contributed by atoms with E-state index in [0.717, 1.165) is 22.7 Å². The summed E-state index contributed by atoms with van der Waals surface area (Å²) < 4.78 is 54.1. The van der Waals surface area contributed by atoms with Gasteiger partial charge in [0.2, 0.25) is 0 Å². The molecule has 0 bridgehead atoms. The van der Waals surface area contributed by atoms with Crippen LogP contribution in [-0.4, -0.2) is 22.2 Å². The summed E-state index contributed by atoms with van der Waals surface area (Å²) in [6.07, 6.45) is -4.38. The molecule has 0 radical (unpaired) electrons. The second-order valence-electron chi connectivity index (χ2n) is 6.70. The number of H-pyrrole nitrogens is 1. The minimum absolute atomic E-state index is 0.195. The van der Waals surface area contributed by atoms with E-state index in [4.69, 9.17) is 9.47 Å². The minimum atomic E-state index is -4.38. The Bertz CT molecular complexity index is 1290.